The summed E-state index contributed by atoms with van der Waals surface area (Å²) in [6.45, 7) is 5.80. The van der Waals surface area contributed by atoms with Crippen molar-refractivity contribution in [2.45, 2.75) is 25.2 Å². The number of nitrogens with zero attached hydrogens (tertiary/aromatic N) is 2. The lowest BCUT2D eigenvalue weighted by atomic mass is 10.3. The summed E-state index contributed by atoms with van der Waals surface area (Å²) >= 11 is 0. The molecule has 0 saturated heterocycles. The van der Waals surface area contributed by atoms with Crippen molar-refractivity contribution in [2.24, 2.45) is 4.99 Å². The predicted molar refractivity (Wildman–Crippen MR) is 92.6 cm³/mol. The Morgan fingerprint density at radius 3 is 2.62 bits per heavy atom. The third-order valence-electron chi connectivity index (χ3n) is 2.89. The maximum absolute atomic E-state index is 12.1. The molecule has 134 valence electrons. The summed E-state index contributed by atoms with van der Waals surface area (Å²) in [6, 6.07) is 4.93. The van der Waals surface area contributed by atoms with Crippen molar-refractivity contribution in [3.05, 3.63) is 34.4 Å². The molecule has 0 bridgehead atoms. The first-order valence-corrected chi connectivity index (χ1v) is 9.15. The maximum atomic E-state index is 12.1. The highest BCUT2D eigenvalue weighted by molar-refractivity contribution is 7.89. The van der Waals surface area contributed by atoms with Crippen LogP contribution in [0.15, 0.2) is 34.2 Å². The molecule has 1 aromatic rings. The zero-order chi connectivity index (χ0) is 18.0. The highest BCUT2D eigenvalue weighted by Gasteiger charge is 2.16. The molecule has 9 nitrogen and oxygen atoms in total. The lowest BCUT2D eigenvalue weighted by Gasteiger charge is -2.12. The van der Waals surface area contributed by atoms with Crippen molar-refractivity contribution in [1.29, 1.82) is 0 Å². The summed E-state index contributed by atoms with van der Waals surface area (Å²) in [5.41, 5.74) is -0.267. The standard InChI is InChI=1S/C14H23N5O4S/c1-3-8-16-14(15-4-2)17-9-10-18-24(22,23)13-7-5-6-12(11-13)19(20)21/h5-7,11,18H,3-4,8-10H2,1-2H3,(H2,15,16,17). The second kappa shape index (κ2) is 9.83. The predicted octanol–water partition coefficient (Wildman–Crippen LogP) is 0.838. The van der Waals surface area contributed by atoms with E-state index in [0.29, 0.717) is 25.6 Å². The Kier molecular flexibility index (Phi) is 8.13. The van der Waals surface area contributed by atoms with Gasteiger partial charge in [-0.15, -0.1) is 0 Å². The normalized spacial score (nSPS) is 12.0. The number of non-ortho nitro benzene ring substituents is 1. The summed E-state index contributed by atoms with van der Waals surface area (Å²) in [4.78, 5) is 14.3. The van der Waals surface area contributed by atoms with Crippen molar-refractivity contribution in [3.8, 4) is 0 Å². The molecule has 0 spiro atoms. The molecule has 0 unspecified atom stereocenters. The van der Waals surface area contributed by atoms with Crippen LogP contribution in [-0.4, -0.2) is 45.5 Å². The molecule has 0 saturated carbocycles. The number of aliphatic imine (C=N–C) groups is 1. The third-order valence-corrected chi connectivity index (χ3v) is 4.34. The van der Waals surface area contributed by atoms with Crippen LogP contribution in [0, 0.1) is 10.1 Å². The van der Waals surface area contributed by atoms with Gasteiger partial charge in [-0.25, -0.2) is 13.1 Å². The lowest BCUT2D eigenvalue weighted by Crippen LogP contribution is -2.41. The minimum atomic E-state index is -3.80. The minimum absolute atomic E-state index is 0.127. The van der Waals surface area contributed by atoms with E-state index >= 15 is 0 Å². The first-order valence-electron chi connectivity index (χ1n) is 7.67. The minimum Gasteiger partial charge on any atom is -0.357 e. The smallest absolute Gasteiger partial charge is 0.270 e. The third kappa shape index (κ3) is 6.50. The van der Waals surface area contributed by atoms with Crippen molar-refractivity contribution >= 4 is 21.7 Å². The molecule has 0 fully saturated rings. The van der Waals surface area contributed by atoms with Gasteiger partial charge in [-0.05, 0) is 19.4 Å². The van der Waals surface area contributed by atoms with Gasteiger partial charge in [0.2, 0.25) is 10.0 Å². The molecule has 0 radical (unpaired) electrons. The molecular formula is C14H23N5O4S. The van der Waals surface area contributed by atoms with E-state index in [9.17, 15) is 18.5 Å². The number of sulfonamides is 1. The van der Waals surface area contributed by atoms with Crippen LogP contribution in [0.1, 0.15) is 20.3 Å². The van der Waals surface area contributed by atoms with Gasteiger partial charge in [0.15, 0.2) is 5.96 Å². The van der Waals surface area contributed by atoms with Crippen LogP contribution in [0.5, 0.6) is 0 Å². The quantitative estimate of drug-likeness (QED) is 0.198. The molecule has 10 heteroatoms. The SMILES string of the molecule is CCCN=C(NCC)NCCNS(=O)(=O)c1cccc([N+](=O)[O-])c1. The number of benzene rings is 1. The fourth-order valence-electron chi connectivity index (χ4n) is 1.78. The van der Waals surface area contributed by atoms with Gasteiger partial charge >= 0.3 is 0 Å². The Labute approximate surface area is 141 Å². The molecular weight excluding hydrogens is 334 g/mol. The number of nitro groups is 1. The summed E-state index contributed by atoms with van der Waals surface area (Å²) in [5.74, 6) is 0.619. The van der Waals surface area contributed by atoms with Crippen molar-refractivity contribution in [1.82, 2.24) is 15.4 Å². The van der Waals surface area contributed by atoms with Gasteiger partial charge in [-0.1, -0.05) is 13.0 Å². The maximum Gasteiger partial charge on any atom is 0.270 e. The largest absolute Gasteiger partial charge is 0.357 e. The number of hydrogen-bond donors (Lipinski definition) is 3. The van der Waals surface area contributed by atoms with E-state index < -0.39 is 14.9 Å². The molecule has 0 atom stereocenters. The Morgan fingerprint density at radius 2 is 2.00 bits per heavy atom. The first kappa shape index (κ1) is 19.8. The molecule has 1 aromatic carbocycles. The number of nitrogens with one attached hydrogen (secondary N) is 3. The second-order valence-electron chi connectivity index (χ2n) is 4.84. The van der Waals surface area contributed by atoms with Crippen LogP contribution in [0.2, 0.25) is 0 Å². The van der Waals surface area contributed by atoms with Crippen LogP contribution in [0.4, 0.5) is 5.69 Å². The van der Waals surface area contributed by atoms with E-state index in [1.54, 1.807) is 0 Å². The molecule has 1 rings (SSSR count). The topological polar surface area (TPSA) is 126 Å². The Balaban J connectivity index is 2.59. The zero-order valence-corrected chi connectivity index (χ0v) is 14.6. The molecule has 0 amide bonds. The first-order chi connectivity index (χ1) is 11.4. The molecule has 24 heavy (non-hydrogen) atoms. The monoisotopic (exact) mass is 357 g/mol. The average molecular weight is 357 g/mol. The van der Waals surface area contributed by atoms with Gasteiger partial charge in [-0.2, -0.15) is 0 Å². The van der Waals surface area contributed by atoms with Gasteiger partial charge in [0.05, 0.1) is 9.82 Å². The molecule has 0 aliphatic rings. The van der Waals surface area contributed by atoms with Crippen molar-refractivity contribution in [2.75, 3.05) is 26.2 Å². The Hall–Kier alpha value is -2.20. The Morgan fingerprint density at radius 1 is 1.25 bits per heavy atom. The van der Waals surface area contributed by atoms with Crippen molar-refractivity contribution < 1.29 is 13.3 Å². The van der Waals surface area contributed by atoms with E-state index in [4.69, 9.17) is 0 Å². The Bertz CT molecular complexity index is 675. The summed E-state index contributed by atoms with van der Waals surface area (Å²) in [6.07, 6.45) is 0.913. The van der Waals surface area contributed by atoms with Gasteiger partial charge in [0.1, 0.15) is 0 Å². The lowest BCUT2D eigenvalue weighted by molar-refractivity contribution is -0.385. The molecule has 3 N–H and O–H groups in total. The van der Waals surface area contributed by atoms with Crippen LogP contribution in [0.25, 0.3) is 0 Å². The van der Waals surface area contributed by atoms with Gasteiger partial charge in [0.25, 0.3) is 5.69 Å². The molecule has 0 aliphatic carbocycles. The van der Waals surface area contributed by atoms with Gasteiger partial charge in [-0.3, -0.25) is 15.1 Å². The molecule has 0 aliphatic heterocycles. The highest BCUT2D eigenvalue weighted by atomic mass is 32.2. The average Bonchev–Trinajstić information content (AvgIpc) is 2.56. The van der Waals surface area contributed by atoms with Crippen LogP contribution in [0.3, 0.4) is 0 Å². The molecule has 0 heterocycles. The summed E-state index contributed by atoms with van der Waals surface area (Å²) in [7, 11) is -3.80. The number of guanidine groups is 1. The van der Waals surface area contributed by atoms with Crippen LogP contribution < -0.4 is 15.4 Å². The highest BCUT2D eigenvalue weighted by Crippen LogP contribution is 2.16. The van der Waals surface area contributed by atoms with Crippen LogP contribution in [-0.2, 0) is 10.0 Å². The number of rotatable bonds is 9. The van der Waals surface area contributed by atoms with Crippen molar-refractivity contribution in [3.63, 3.8) is 0 Å². The summed E-state index contributed by atoms with van der Waals surface area (Å²) < 4.78 is 26.7. The summed E-state index contributed by atoms with van der Waals surface area (Å²) in [5, 5.41) is 16.8. The number of hydrogen-bond acceptors (Lipinski definition) is 5. The van der Waals surface area contributed by atoms with E-state index in [1.165, 1.54) is 18.2 Å². The van der Waals surface area contributed by atoms with E-state index in [1.807, 2.05) is 13.8 Å². The fraction of sp³-hybridized carbons (Fsp3) is 0.500. The van der Waals surface area contributed by atoms with E-state index in [-0.39, 0.29) is 17.1 Å². The molecule has 0 aromatic heterocycles. The van der Waals surface area contributed by atoms with Gasteiger partial charge < -0.3 is 10.6 Å². The van der Waals surface area contributed by atoms with Crippen LogP contribution >= 0.6 is 0 Å². The number of nitro benzene ring substituents is 1. The fourth-order valence-corrected chi connectivity index (χ4v) is 2.85. The van der Waals surface area contributed by atoms with Gasteiger partial charge in [0, 0.05) is 38.3 Å². The van der Waals surface area contributed by atoms with E-state index in [0.717, 1.165) is 12.5 Å². The second-order valence-corrected chi connectivity index (χ2v) is 6.61. The van der Waals surface area contributed by atoms with E-state index in [2.05, 4.69) is 20.3 Å². The zero-order valence-electron chi connectivity index (χ0n) is 13.8.